The summed E-state index contributed by atoms with van der Waals surface area (Å²) in [5, 5.41) is 16.8. The maximum atomic E-state index is 13.7. The predicted molar refractivity (Wildman–Crippen MR) is 152 cm³/mol. The SMILES string of the molecule is Cc1noc(C)c1S(=O)(=O)Nc1cccc2c1O[C@@H](CN(C)C(=O)NC1CCCCC1)[C@@H](C)CN([C@@H](C)CO)C2=O. The van der Waals surface area contributed by atoms with Gasteiger partial charge in [0.05, 0.1) is 30.4 Å². The fourth-order valence-corrected chi connectivity index (χ4v) is 6.87. The van der Waals surface area contributed by atoms with Gasteiger partial charge in [-0.3, -0.25) is 9.52 Å². The van der Waals surface area contributed by atoms with Gasteiger partial charge in [0.15, 0.2) is 16.4 Å². The molecule has 0 unspecified atom stereocenters. The van der Waals surface area contributed by atoms with Crippen LogP contribution in [0.2, 0.25) is 0 Å². The zero-order valence-electron chi connectivity index (χ0n) is 24.3. The van der Waals surface area contributed by atoms with Crippen molar-refractivity contribution in [2.75, 3.05) is 31.5 Å². The van der Waals surface area contributed by atoms with Gasteiger partial charge in [-0.15, -0.1) is 0 Å². The number of hydrogen-bond acceptors (Lipinski definition) is 8. The monoisotopic (exact) mass is 591 g/mol. The third-order valence-corrected chi connectivity index (χ3v) is 9.51. The minimum atomic E-state index is -4.15. The molecule has 2 heterocycles. The average Bonchev–Trinajstić information content (AvgIpc) is 3.29. The van der Waals surface area contributed by atoms with Gasteiger partial charge < -0.3 is 29.5 Å². The summed E-state index contributed by atoms with van der Waals surface area (Å²) in [5.41, 5.74) is 0.419. The molecular weight excluding hydrogens is 550 g/mol. The van der Waals surface area contributed by atoms with Crippen molar-refractivity contribution in [1.82, 2.24) is 20.3 Å². The summed E-state index contributed by atoms with van der Waals surface area (Å²) in [6.45, 7) is 6.91. The largest absolute Gasteiger partial charge is 0.485 e. The van der Waals surface area contributed by atoms with Crippen LogP contribution in [0.1, 0.15) is 67.8 Å². The Hall–Kier alpha value is -3.32. The molecule has 1 fully saturated rings. The van der Waals surface area contributed by atoms with Crippen molar-refractivity contribution in [2.24, 2.45) is 5.92 Å². The normalized spacial score (nSPS) is 20.8. The lowest BCUT2D eigenvalue weighted by Crippen LogP contribution is -2.52. The van der Waals surface area contributed by atoms with E-state index < -0.39 is 28.1 Å². The number of aliphatic hydroxyl groups is 1. The maximum Gasteiger partial charge on any atom is 0.317 e. The minimum Gasteiger partial charge on any atom is -0.485 e. The number of anilines is 1. The van der Waals surface area contributed by atoms with E-state index in [0.29, 0.717) is 0 Å². The summed E-state index contributed by atoms with van der Waals surface area (Å²) < 4.78 is 40.8. The summed E-state index contributed by atoms with van der Waals surface area (Å²) in [7, 11) is -2.45. The van der Waals surface area contributed by atoms with Crippen LogP contribution in [0.4, 0.5) is 10.5 Å². The molecule has 1 aliphatic carbocycles. The summed E-state index contributed by atoms with van der Waals surface area (Å²) in [6.07, 6.45) is 4.67. The maximum absolute atomic E-state index is 13.7. The number of hydrogen-bond donors (Lipinski definition) is 3. The highest BCUT2D eigenvalue weighted by Gasteiger charge is 2.36. The first-order valence-corrected chi connectivity index (χ1v) is 15.6. The fourth-order valence-electron chi connectivity index (χ4n) is 5.48. The molecule has 0 bridgehead atoms. The van der Waals surface area contributed by atoms with E-state index in [2.05, 4.69) is 15.2 Å². The molecule has 1 aliphatic heterocycles. The molecule has 2 aromatic rings. The van der Waals surface area contributed by atoms with Crippen LogP contribution < -0.4 is 14.8 Å². The number of amides is 3. The first-order valence-electron chi connectivity index (χ1n) is 14.1. The summed E-state index contributed by atoms with van der Waals surface area (Å²) in [4.78, 5) is 29.8. The Morgan fingerprint density at radius 2 is 1.95 bits per heavy atom. The van der Waals surface area contributed by atoms with Gasteiger partial charge in [-0.05, 0) is 45.7 Å². The molecule has 1 aromatic carbocycles. The van der Waals surface area contributed by atoms with Gasteiger partial charge in [0.2, 0.25) is 0 Å². The number of carbonyl (C=O) groups is 2. The second kappa shape index (κ2) is 12.7. The Kier molecular flexibility index (Phi) is 9.48. The molecule has 0 spiro atoms. The van der Waals surface area contributed by atoms with Crippen LogP contribution in [0.3, 0.4) is 0 Å². The van der Waals surface area contributed by atoms with Gasteiger partial charge in [0.1, 0.15) is 11.8 Å². The molecule has 0 radical (unpaired) electrons. The lowest BCUT2D eigenvalue weighted by Gasteiger charge is -2.38. The van der Waals surface area contributed by atoms with Gasteiger partial charge >= 0.3 is 6.03 Å². The zero-order chi connectivity index (χ0) is 29.9. The van der Waals surface area contributed by atoms with Gasteiger partial charge in [-0.25, -0.2) is 13.2 Å². The molecule has 2 aliphatic rings. The Labute approximate surface area is 241 Å². The Bertz CT molecular complexity index is 1340. The number of carbonyl (C=O) groups excluding carboxylic acids is 2. The topological polar surface area (TPSA) is 154 Å². The second-order valence-corrected chi connectivity index (χ2v) is 12.8. The predicted octanol–water partition coefficient (Wildman–Crippen LogP) is 3.29. The first-order chi connectivity index (χ1) is 19.4. The van der Waals surface area contributed by atoms with E-state index in [0.717, 1.165) is 25.7 Å². The van der Waals surface area contributed by atoms with Gasteiger partial charge in [0, 0.05) is 25.6 Å². The Balaban J connectivity index is 1.68. The van der Waals surface area contributed by atoms with E-state index in [1.54, 1.807) is 35.9 Å². The van der Waals surface area contributed by atoms with E-state index in [1.165, 1.54) is 26.3 Å². The van der Waals surface area contributed by atoms with Crippen molar-refractivity contribution in [1.29, 1.82) is 0 Å². The minimum absolute atomic E-state index is 0.0561. The standard InChI is InChI=1S/C28H41N5O7S/c1-17-14-33(18(2)16-34)27(35)22-12-9-13-23(31-41(37,38)26-19(3)30-40-20(26)4)25(22)39-24(17)15-32(5)28(36)29-21-10-7-6-8-11-21/h9,12-13,17-18,21,24,31,34H,6-8,10-11,14-16H2,1-5H3,(H,29,36)/t17-,18-,24-/m0/s1. The van der Waals surface area contributed by atoms with Gasteiger partial charge in [-0.2, -0.15) is 0 Å². The molecular formula is C28H41N5O7S. The highest BCUT2D eigenvalue weighted by molar-refractivity contribution is 7.92. The van der Waals surface area contributed by atoms with Crippen molar-refractivity contribution < 1.29 is 32.4 Å². The van der Waals surface area contributed by atoms with Crippen LogP contribution in [0.25, 0.3) is 0 Å². The number of urea groups is 1. The first kappa shape index (κ1) is 30.6. The number of aryl methyl sites for hydroxylation is 2. The van der Waals surface area contributed by atoms with Crippen molar-refractivity contribution in [3.05, 3.63) is 35.2 Å². The van der Waals surface area contributed by atoms with Gasteiger partial charge in [-0.1, -0.05) is 37.4 Å². The number of nitrogens with one attached hydrogen (secondary N) is 2. The van der Waals surface area contributed by atoms with E-state index in [9.17, 15) is 23.1 Å². The molecule has 3 N–H and O–H groups in total. The van der Waals surface area contributed by atoms with Crippen molar-refractivity contribution in [3.63, 3.8) is 0 Å². The highest BCUT2D eigenvalue weighted by Crippen LogP contribution is 2.36. The number of aromatic nitrogens is 1. The van der Waals surface area contributed by atoms with Gasteiger partial charge in [0.25, 0.3) is 15.9 Å². The molecule has 12 nitrogen and oxygen atoms in total. The number of benzene rings is 1. The molecule has 13 heteroatoms. The Morgan fingerprint density at radius 1 is 1.24 bits per heavy atom. The molecule has 1 saturated carbocycles. The smallest absolute Gasteiger partial charge is 0.317 e. The van der Waals surface area contributed by atoms with Crippen LogP contribution in [-0.2, 0) is 10.0 Å². The third kappa shape index (κ3) is 6.78. The van der Waals surface area contributed by atoms with E-state index in [4.69, 9.17) is 9.26 Å². The van der Waals surface area contributed by atoms with Crippen molar-refractivity contribution >= 4 is 27.6 Å². The summed E-state index contributed by atoms with van der Waals surface area (Å²) in [6, 6.07) is 4.08. The number of nitrogens with zero attached hydrogens (tertiary/aromatic N) is 3. The quantitative estimate of drug-likeness (QED) is 0.423. The van der Waals surface area contributed by atoms with Crippen LogP contribution in [0.15, 0.2) is 27.6 Å². The lowest BCUT2D eigenvalue weighted by atomic mass is 9.96. The van der Waals surface area contributed by atoms with Crippen LogP contribution in [-0.4, -0.2) is 85.4 Å². The number of rotatable bonds is 8. The van der Waals surface area contributed by atoms with Crippen LogP contribution in [0.5, 0.6) is 5.75 Å². The molecule has 3 amide bonds. The summed E-state index contributed by atoms with van der Waals surface area (Å²) in [5.74, 6) is -0.474. The van der Waals surface area contributed by atoms with E-state index >= 15 is 0 Å². The van der Waals surface area contributed by atoms with Crippen molar-refractivity contribution in [3.8, 4) is 5.75 Å². The molecule has 41 heavy (non-hydrogen) atoms. The second-order valence-electron chi connectivity index (χ2n) is 11.2. The summed E-state index contributed by atoms with van der Waals surface area (Å²) >= 11 is 0. The van der Waals surface area contributed by atoms with Crippen LogP contribution in [0, 0.1) is 19.8 Å². The molecule has 3 atom stereocenters. The fraction of sp³-hybridized carbons (Fsp3) is 0.607. The van der Waals surface area contributed by atoms with E-state index in [-0.39, 0.29) is 71.0 Å². The number of sulfonamides is 1. The number of aliphatic hydroxyl groups excluding tert-OH is 1. The lowest BCUT2D eigenvalue weighted by molar-refractivity contribution is 0.0368. The zero-order valence-corrected chi connectivity index (χ0v) is 25.2. The highest BCUT2D eigenvalue weighted by atomic mass is 32.2. The van der Waals surface area contributed by atoms with E-state index in [1.807, 2.05) is 6.92 Å². The average molecular weight is 592 g/mol. The third-order valence-electron chi connectivity index (χ3n) is 7.91. The van der Waals surface area contributed by atoms with Crippen molar-refractivity contribution in [2.45, 2.75) is 82.9 Å². The molecule has 226 valence electrons. The van der Waals surface area contributed by atoms with Crippen LogP contribution >= 0.6 is 0 Å². The number of para-hydroxylation sites is 1. The number of ether oxygens (including phenoxy) is 1. The molecule has 0 saturated heterocycles. The molecule has 1 aromatic heterocycles. The number of likely N-dealkylation sites (N-methyl/N-ethyl adjacent to an activating group) is 1. The Morgan fingerprint density at radius 3 is 2.59 bits per heavy atom. The molecule has 4 rings (SSSR count). The number of fused-ring (bicyclic) bond motifs is 1.